The lowest BCUT2D eigenvalue weighted by atomic mass is 10.1. The highest BCUT2D eigenvalue weighted by Gasteiger charge is 2.17. The monoisotopic (exact) mass is 722 g/mol. The molecular formula is C38H51ClN6O6. The minimum absolute atomic E-state index is 0.146. The number of aromatic nitrogens is 4. The third-order valence-corrected chi connectivity index (χ3v) is 7.51. The van der Waals surface area contributed by atoms with E-state index in [4.69, 9.17) is 36.3 Å². The quantitative estimate of drug-likeness (QED) is 0.0794. The maximum atomic E-state index is 11.9. The zero-order chi connectivity index (χ0) is 37.8. The predicted octanol–water partition coefficient (Wildman–Crippen LogP) is 6.83. The minimum Gasteiger partial charge on any atom is -0.497 e. The number of methoxy groups -OCH3 is 2. The number of hydrogen-bond donors (Lipinski definition) is 2. The molecule has 4 rings (SSSR count). The largest absolute Gasteiger partial charge is 0.497 e. The number of aryl methyl sites for hydroxylation is 6. The number of anilines is 1. The Hall–Kier alpha value is -4.81. The molecular weight excluding hydrogens is 672 g/mol. The van der Waals surface area contributed by atoms with Crippen LogP contribution >= 0.6 is 11.6 Å². The van der Waals surface area contributed by atoms with Gasteiger partial charge in [0.1, 0.15) is 22.6 Å². The highest BCUT2D eigenvalue weighted by molar-refractivity contribution is 6.28. The van der Waals surface area contributed by atoms with Gasteiger partial charge in [0.25, 0.3) is 0 Å². The number of halogens is 1. The van der Waals surface area contributed by atoms with Crippen molar-refractivity contribution in [3.8, 4) is 11.5 Å². The molecule has 276 valence electrons. The van der Waals surface area contributed by atoms with Gasteiger partial charge in [-0.05, 0) is 121 Å². The van der Waals surface area contributed by atoms with Crippen LogP contribution < -0.4 is 20.5 Å². The highest BCUT2D eigenvalue weighted by Crippen LogP contribution is 2.17. The van der Waals surface area contributed by atoms with E-state index < -0.39 is 5.97 Å². The lowest BCUT2D eigenvalue weighted by Crippen LogP contribution is -2.14. The number of nitrogens with one attached hydrogen (secondary N) is 1. The fourth-order valence-corrected chi connectivity index (χ4v) is 5.18. The summed E-state index contributed by atoms with van der Waals surface area (Å²) in [4.78, 5) is 39.9. The number of hydrogen-bond acceptors (Lipinski definition) is 12. The molecule has 0 aliphatic rings. The molecule has 12 nitrogen and oxygen atoms in total. The Kier molecular flexibility index (Phi) is 19.0. The van der Waals surface area contributed by atoms with Gasteiger partial charge in [0.2, 0.25) is 11.2 Å². The van der Waals surface area contributed by atoms with Crippen molar-refractivity contribution < 1.29 is 28.5 Å². The fourth-order valence-electron chi connectivity index (χ4n) is 4.92. The van der Waals surface area contributed by atoms with Crippen LogP contribution in [0.15, 0.2) is 48.5 Å². The molecule has 0 atom stereocenters. The molecule has 0 radical (unpaired) electrons. The molecule has 2 heterocycles. The van der Waals surface area contributed by atoms with Crippen molar-refractivity contribution in [2.45, 2.75) is 67.2 Å². The molecule has 2 aromatic carbocycles. The number of nitrogens with zero attached hydrogens (tertiary/aromatic N) is 4. The summed E-state index contributed by atoms with van der Waals surface area (Å²) < 4.78 is 20.2. The molecule has 13 heteroatoms. The van der Waals surface area contributed by atoms with Gasteiger partial charge in [0.15, 0.2) is 0 Å². The zero-order valence-electron chi connectivity index (χ0n) is 31.0. The summed E-state index contributed by atoms with van der Waals surface area (Å²) in [6.45, 7) is 12.7. The molecule has 0 saturated heterocycles. The number of ether oxygens (including phenoxy) is 4. The number of carbonyl (C=O) groups excluding carboxylic acids is 2. The van der Waals surface area contributed by atoms with Crippen molar-refractivity contribution >= 4 is 29.5 Å². The number of nitrogens with two attached hydrogens (primary N) is 1. The Morgan fingerprint density at radius 2 is 1.14 bits per heavy atom. The molecule has 0 bridgehead atoms. The van der Waals surface area contributed by atoms with Crippen molar-refractivity contribution in [2.24, 2.45) is 5.73 Å². The van der Waals surface area contributed by atoms with Crippen LogP contribution in [0.3, 0.4) is 0 Å². The average molecular weight is 723 g/mol. The van der Waals surface area contributed by atoms with Crippen LogP contribution in [-0.2, 0) is 22.3 Å². The normalized spacial score (nSPS) is 10.2. The van der Waals surface area contributed by atoms with E-state index in [9.17, 15) is 9.59 Å². The first kappa shape index (κ1) is 42.4. The molecule has 0 amide bonds. The van der Waals surface area contributed by atoms with Gasteiger partial charge in [-0.15, -0.1) is 0 Å². The molecule has 0 fully saturated rings. The molecule has 0 aliphatic carbocycles. The summed E-state index contributed by atoms with van der Waals surface area (Å²) >= 11 is 5.63. The second-order valence-electron chi connectivity index (χ2n) is 11.2. The van der Waals surface area contributed by atoms with E-state index in [2.05, 4.69) is 43.5 Å². The molecule has 2 aromatic heterocycles. The third-order valence-electron chi connectivity index (χ3n) is 7.34. The summed E-state index contributed by atoms with van der Waals surface area (Å²) in [6, 6.07) is 16.2. The Morgan fingerprint density at radius 1 is 0.706 bits per heavy atom. The maximum Gasteiger partial charge on any atom is 0.341 e. The Bertz CT molecular complexity index is 1660. The third kappa shape index (κ3) is 14.5. The minimum atomic E-state index is -0.404. The summed E-state index contributed by atoms with van der Waals surface area (Å²) in [7, 11) is 3.35. The van der Waals surface area contributed by atoms with Crippen molar-refractivity contribution in [2.75, 3.05) is 45.8 Å². The van der Waals surface area contributed by atoms with Crippen LogP contribution in [0, 0.1) is 27.7 Å². The van der Waals surface area contributed by atoms with Gasteiger partial charge in [-0.25, -0.2) is 29.5 Å². The van der Waals surface area contributed by atoms with E-state index in [1.165, 1.54) is 11.1 Å². The van der Waals surface area contributed by atoms with Crippen LogP contribution in [0.25, 0.3) is 0 Å². The Balaban J connectivity index is 0.000000292. The van der Waals surface area contributed by atoms with Gasteiger partial charge in [-0.3, -0.25) is 0 Å². The molecule has 0 spiro atoms. The second kappa shape index (κ2) is 22.8. The predicted molar refractivity (Wildman–Crippen MR) is 200 cm³/mol. The second-order valence-corrected chi connectivity index (χ2v) is 11.5. The Labute approximate surface area is 306 Å². The molecule has 0 aliphatic heterocycles. The first-order chi connectivity index (χ1) is 24.5. The van der Waals surface area contributed by atoms with Crippen molar-refractivity contribution in [1.29, 1.82) is 0 Å². The maximum absolute atomic E-state index is 11.9. The van der Waals surface area contributed by atoms with Gasteiger partial charge in [0, 0.05) is 6.54 Å². The van der Waals surface area contributed by atoms with Crippen molar-refractivity contribution in [3.63, 3.8) is 0 Å². The van der Waals surface area contributed by atoms with Crippen LogP contribution in [0.5, 0.6) is 11.5 Å². The van der Waals surface area contributed by atoms with Crippen molar-refractivity contribution in [1.82, 2.24) is 19.9 Å². The van der Waals surface area contributed by atoms with Gasteiger partial charge in [-0.2, -0.15) is 0 Å². The first-order valence-electron chi connectivity index (χ1n) is 16.9. The SMILES string of the molecule is CCOC(=O)c1c(C)nc(Cl)nc1C.CCOC(=O)c1c(C)nc(NCCCc2cccc(OC)c2)nc1C.COc1cccc(CCCN)c1. The smallest absolute Gasteiger partial charge is 0.341 e. The molecule has 3 N–H and O–H groups in total. The van der Waals surface area contributed by atoms with E-state index in [0.717, 1.165) is 50.3 Å². The van der Waals surface area contributed by atoms with E-state index in [-0.39, 0.29) is 11.3 Å². The van der Waals surface area contributed by atoms with Crippen LogP contribution in [0.1, 0.15) is 81.3 Å². The zero-order valence-corrected chi connectivity index (χ0v) is 31.7. The number of rotatable bonds is 14. The van der Waals surface area contributed by atoms with Crippen LogP contribution in [0.4, 0.5) is 5.95 Å². The molecule has 0 saturated carbocycles. The van der Waals surface area contributed by atoms with E-state index in [0.29, 0.717) is 53.1 Å². The average Bonchev–Trinajstić information content (AvgIpc) is 3.09. The number of carbonyl (C=O) groups is 2. The van der Waals surface area contributed by atoms with Gasteiger partial charge in [0.05, 0.1) is 50.2 Å². The van der Waals surface area contributed by atoms with Gasteiger partial charge < -0.3 is 30.0 Å². The van der Waals surface area contributed by atoms with Crippen LogP contribution in [-0.4, -0.2) is 72.4 Å². The fraction of sp³-hybridized carbons (Fsp3) is 0.421. The summed E-state index contributed by atoms with van der Waals surface area (Å²) in [5.41, 5.74) is 11.1. The molecule has 4 aromatic rings. The van der Waals surface area contributed by atoms with Crippen molar-refractivity contribution in [3.05, 3.63) is 98.8 Å². The van der Waals surface area contributed by atoms with Crippen LogP contribution in [0.2, 0.25) is 5.28 Å². The number of benzene rings is 2. The van der Waals surface area contributed by atoms with E-state index >= 15 is 0 Å². The van der Waals surface area contributed by atoms with E-state index in [1.54, 1.807) is 55.8 Å². The summed E-state index contributed by atoms with van der Waals surface area (Å²) in [5, 5.41) is 3.36. The molecule has 0 unspecified atom stereocenters. The molecule has 51 heavy (non-hydrogen) atoms. The summed E-state index contributed by atoms with van der Waals surface area (Å²) in [5.74, 6) is 1.55. The Morgan fingerprint density at radius 3 is 1.55 bits per heavy atom. The lowest BCUT2D eigenvalue weighted by Gasteiger charge is -2.11. The first-order valence-corrected chi connectivity index (χ1v) is 17.3. The summed E-state index contributed by atoms with van der Waals surface area (Å²) in [6.07, 6.45) is 3.94. The standard InChI is InChI=1S/C19H25N3O3.C10H15NO.C9H11ClN2O2/c1-5-25-18(23)17-13(2)21-19(22-14(17)3)20-11-7-9-15-8-6-10-16(12-15)24-4;1-12-10-6-2-4-9(8-10)5-3-7-11;1-4-14-8(13)7-5(2)11-9(10)12-6(7)3/h6,8,10,12H,5,7,9,11H2,1-4H3,(H,20,21,22);2,4,6,8H,3,5,7,11H2,1H3;4H2,1-3H3. The van der Waals surface area contributed by atoms with Gasteiger partial charge >= 0.3 is 11.9 Å². The number of esters is 2. The highest BCUT2D eigenvalue weighted by atomic mass is 35.5. The lowest BCUT2D eigenvalue weighted by molar-refractivity contribution is 0.0513. The van der Waals surface area contributed by atoms with E-state index in [1.807, 2.05) is 30.3 Å². The topological polar surface area (TPSA) is 161 Å². The van der Waals surface area contributed by atoms with Gasteiger partial charge in [-0.1, -0.05) is 24.3 Å².